The van der Waals surface area contributed by atoms with Gasteiger partial charge in [-0.25, -0.2) is 0 Å². The third-order valence-corrected chi connectivity index (χ3v) is 4.23. The van der Waals surface area contributed by atoms with Gasteiger partial charge in [-0.1, -0.05) is 31.9 Å². The molecule has 3 N–H and O–H groups in total. The highest BCUT2D eigenvalue weighted by atomic mass is 35.5. The van der Waals surface area contributed by atoms with Crippen molar-refractivity contribution in [3.63, 3.8) is 0 Å². The van der Waals surface area contributed by atoms with E-state index < -0.39 is 0 Å². The minimum atomic E-state index is -0.00924. The van der Waals surface area contributed by atoms with Gasteiger partial charge in [0.15, 0.2) is 0 Å². The zero-order chi connectivity index (χ0) is 13.5. The van der Waals surface area contributed by atoms with Gasteiger partial charge in [-0.05, 0) is 29.9 Å². The molecule has 0 aliphatic heterocycles. The second kappa shape index (κ2) is 7.54. The molecule has 0 spiro atoms. The number of nitrogen functional groups attached to an aromatic ring is 1. The lowest BCUT2D eigenvalue weighted by molar-refractivity contribution is -0.113. The first-order valence-electron chi connectivity index (χ1n) is 5.95. The zero-order valence-electron chi connectivity index (χ0n) is 10.7. The molecule has 1 aromatic carbocycles. The fourth-order valence-corrected chi connectivity index (χ4v) is 2.42. The molecule has 1 amide bonds. The number of thioether (sulfide) groups is 1. The number of nitrogens with two attached hydrogens (primary N) is 1. The normalized spacial score (nSPS) is 12.2. The maximum Gasteiger partial charge on any atom is 0.234 e. The van der Waals surface area contributed by atoms with Gasteiger partial charge in [0, 0.05) is 5.69 Å². The Labute approximate surface area is 117 Å². The molecule has 0 saturated carbocycles. The predicted molar refractivity (Wildman–Crippen MR) is 81.3 cm³/mol. The third kappa shape index (κ3) is 5.19. The summed E-state index contributed by atoms with van der Waals surface area (Å²) >= 11 is 7.46. The quantitative estimate of drug-likeness (QED) is 0.785. The summed E-state index contributed by atoms with van der Waals surface area (Å²) in [4.78, 5) is 11.7. The number of anilines is 2. The monoisotopic (exact) mass is 286 g/mol. The van der Waals surface area contributed by atoms with Crippen molar-refractivity contribution in [1.29, 1.82) is 0 Å². The zero-order valence-corrected chi connectivity index (χ0v) is 12.3. The largest absolute Gasteiger partial charge is 0.397 e. The van der Waals surface area contributed by atoms with Gasteiger partial charge >= 0.3 is 0 Å². The fraction of sp³-hybridized carbons (Fsp3) is 0.462. The first kappa shape index (κ1) is 15.2. The summed E-state index contributed by atoms with van der Waals surface area (Å²) in [5.74, 6) is 2.11. The molecule has 1 unspecified atom stereocenters. The van der Waals surface area contributed by atoms with Crippen LogP contribution in [0.4, 0.5) is 11.4 Å². The van der Waals surface area contributed by atoms with Crippen LogP contribution in [0.25, 0.3) is 0 Å². The van der Waals surface area contributed by atoms with Crippen LogP contribution in [0, 0.1) is 5.92 Å². The molecule has 0 heterocycles. The van der Waals surface area contributed by atoms with Crippen LogP contribution in [-0.4, -0.2) is 17.4 Å². The Kier molecular flexibility index (Phi) is 6.36. The van der Waals surface area contributed by atoms with Crippen molar-refractivity contribution < 1.29 is 4.79 Å². The van der Waals surface area contributed by atoms with Gasteiger partial charge in [0.25, 0.3) is 0 Å². The summed E-state index contributed by atoms with van der Waals surface area (Å²) in [5.41, 5.74) is 6.83. The lowest BCUT2D eigenvalue weighted by Crippen LogP contribution is -2.15. The third-order valence-electron chi connectivity index (χ3n) is 2.61. The van der Waals surface area contributed by atoms with Crippen LogP contribution < -0.4 is 11.1 Å². The van der Waals surface area contributed by atoms with Crippen LogP contribution in [0.1, 0.15) is 20.3 Å². The average Bonchev–Trinajstić information content (AvgIpc) is 2.33. The summed E-state index contributed by atoms with van der Waals surface area (Å²) in [6.07, 6.45) is 1.14. The number of nitrogens with one attached hydrogen (secondary N) is 1. The number of benzene rings is 1. The first-order valence-corrected chi connectivity index (χ1v) is 7.48. The SMILES string of the molecule is CCC(C)CSCC(=O)Nc1ccc(Cl)c(N)c1. The summed E-state index contributed by atoms with van der Waals surface area (Å²) in [6, 6.07) is 5.09. The molecule has 1 rings (SSSR count). The molecule has 100 valence electrons. The Hall–Kier alpha value is -0.870. The number of hydrogen-bond acceptors (Lipinski definition) is 3. The Morgan fingerprint density at radius 3 is 2.89 bits per heavy atom. The Bertz CT molecular complexity index is 412. The minimum absolute atomic E-state index is 0.00924. The lowest BCUT2D eigenvalue weighted by atomic mass is 10.2. The van der Waals surface area contributed by atoms with Crippen LogP contribution in [0.15, 0.2) is 18.2 Å². The highest BCUT2D eigenvalue weighted by molar-refractivity contribution is 7.99. The number of halogens is 1. The summed E-state index contributed by atoms with van der Waals surface area (Å²) in [6.45, 7) is 4.34. The number of carbonyl (C=O) groups excluding carboxylic acids is 1. The van der Waals surface area contributed by atoms with Crippen LogP contribution >= 0.6 is 23.4 Å². The molecule has 1 atom stereocenters. The average molecular weight is 287 g/mol. The molecule has 0 saturated heterocycles. The summed E-state index contributed by atoms with van der Waals surface area (Å²) in [7, 11) is 0. The van der Waals surface area contributed by atoms with Crippen LogP contribution in [0.2, 0.25) is 5.02 Å². The molecule has 0 aromatic heterocycles. The smallest absolute Gasteiger partial charge is 0.234 e. The van der Waals surface area contributed by atoms with Crippen molar-refractivity contribution in [2.45, 2.75) is 20.3 Å². The molecule has 0 aliphatic carbocycles. The van der Waals surface area contributed by atoms with E-state index in [-0.39, 0.29) is 5.91 Å². The second-order valence-electron chi connectivity index (χ2n) is 4.31. The van der Waals surface area contributed by atoms with Crippen molar-refractivity contribution in [3.05, 3.63) is 23.2 Å². The Balaban J connectivity index is 2.38. The maximum atomic E-state index is 11.7. The first-order chi connectivity index (χ1) is 8.52. The number of carbonyl (C=O) groups is 1. The van der Waals surface area contributed by atoms with Crippen molar-refractivity contribution in [3.8, 4) is 0 Å². The van der Waals surface area contributed by atoms with E-state index in [1.807, 2.05) is 0 Å². The standard InChI is InChI=1S/C13H19ClN2OS/c1-3-9(2)7-18-8-13(17)16-10-4-5-11(14)12(15)6-10/h4-6,9H,3,7-8,15H2,1-2H3,(H,16,17). The topological polar surface area (TPSA) is 55.1 Å². The second-order valence-corrected chi connectivity index (χ2v) is 5.75. The van der Waals surface area contributed by atoms with Crippen LogP contribution in [-0.2, 0) is 4.79 Å². The number of hydrogen-bond donors (Lipinski definition) is 2. The van der Waals surface area contributed by atoms with Gasteiger partial charge in [-0.15, -0.1) is 0 Å². The van der Waals surface area contributed by atoms with Gasteiger partial charge in [0.2, 0.25) is 5.91 Å². The van der Waals surface area contributed by atoms with Crippen LogP contribution in [0.5, 0.6) is 0 Å². The Morgan fingerprint density at radius 1 is 1.56 bits per heavy atom. The van der Waals surface area contributed by atoms with Crippen molar-refractivity contribution in [2.75, 3.05) is 22.6 Å². The minimum Gasteiger partial charge on any atom is -0.397 e. The van der Waals surface area contributed by atoms with Gasteiger partial charge in [0.1, 0.15) is 0 Å². The van der Waals surface area contributed by atoms with Crippen LogP contribution in [0.3, 0.4) is 0 Å². The molecule has 5 heteroatoms. The summed E-state index contributed by atoms with van der Waals surface area (Å²) in [5, 5.41) is 3.30. The molecule has 0 bridgehead atoms. The molecular formula is C13H19ClN2OS. The van der Waals surface area contributed by atoms with E-state index in [0.29, 0.717) is 28.1 Å². The molecule has 3 nitrogen and oxygen atoms in total. The highest BCUT2D eigenvalue weighted by Gasteiger charge is 2.06. The summed E-state index contributed by atoms with van der Waals surface area (Å²) < 4.78 is 0. The van der Waals surface area contributed by atoms with E-state index in [2.05, 4.69) is 19.2 Å². The van der Waals surface area contributed by atoms with E-state index in [9.17, 15) is 4.79 Å². The molecule has 0 radical (unpaired) electrons. The van der Waals surface area contributed by atoms with Gasteiger partial charge in [0.05, 0.1) is 16.5 Å². The molecule has 1 aromatic rings. The molecule has 18 heavy (non-hydrogen) atoms. The van der Waals surface area contributed by atoms with E-state index >= 15 is 0 Å². The lowest BCUT2D eigenvalue weighted by Gasteiger charge is -2.09. The number of rotatable bonds is 6. The molecule has 0 aliphatic rings. The molecular weight excluding hydrogens is 268 g/mol. The van der Waals surface area contributed by atoms with Gasteiger partial charge in [-0.3, -0.25) is 4.79 Å². The Morgan fingerprint density at radius 2 is 2.28 bits per heavy atom. The van der Waals surface area contributed by atoms with Gasteiger partial charge < -0.3 is 11.1 Å². The van der Waals surface area contributed by atoms with E-state index in [4.69, 9.17) is 17.3 Å². The van der Waals surface area contributed by atoms with E-state index in [1.165, 1.54) is 0 Å². The fourth-order valence-electron chi connectivity index (χ4n) is 1.29. The van der Waals surface area contributed by atoms with Crippen molar-refractivity contribution in [2.24, 2.45) is 5.92 Å². The van der Waals surface area contributed by atoms with E-state index in [0.717, 1.165) is 12.2 Å². The number of amides is 1. The van der Waals surface area contributed by atoms with Gasteiger partial charge in [-0.2, -0.15) is 11.8 Å². The predicted octanol–water partition coefficient (Wildman–Crippen LogP) is 3.64. The molecule has 0 fully saturated rings. The van der Waals surface area contributed by atoms with Crippen molar-refractivity contribution in [1.82, 2.24) is 0 Å². The van der Waals surface area contributed by atoms with Crippen molar-refractivity contribution >= 4 is 40.6 Å². The maximum absolute atomic E-state index is 11.7. The highest BCUT2D eigenvalue weighted by Crippen LogP contribution is 2.22. The van der Waals surface area contributed by atoms with E-state index in [1.54, 1.807) is 30.0 Å².